The van der Waals surface area contributed by atoms with Crippen LogP contribution in [0.5, 0.6) is 0 Å². The summed E-state index contributed by atoms with van der Waals surface area (Å²) in [6.07, 6.45) is 2.29. The molecule has 3 heterocycles. The smallest absolute Gasteiger partial charge is 0.233 e. The molecule has 0 aliphatic carbocycles. The summed E-state index contributed by atoms with van der Waals surface area (Å²) in [5.41, 5.74) is 2.03. The number of thiazole rings is 1. The van der Waals surface area contributed by atoms with Gasteiger partial charge in [-0.1, -0.05) is 60.8 Å². The molecular weight excluding hydrogens is 470 g/mol. The number of rotatable bonds is 7. The van der Waals surface area contributed by atoms with E-state index in [4.69, 9.17) is 4.98 Å². The third-order valence-electron chi connectivity index (χ3n) is 5.65. The second kappa shape index (κ2) is 10.3. The molecule has 0 N–H and O–H groups in total. The van der Waals surface area contributed by atoms with E-state index in [1.54, 1.807) is 23.1 Å². The summed E-state index contributed by atoms with van der Waals surface area (Å²) < 4.78 is 4.27. The number of benzene rings is 2. The molecule has 2 aromatic carbocycles. The molecule has 6 nitrogen and oxygen atoms in total. The van der Waals surface area contributed by atoms with Crippen LogP contribution < -0.4 is 0 Å². The van der Waals surface area contributed by atoms with Crippen molar-refractivity contribution in [3.8, 4) is 5.69 Å². The van der Waals surface area contributed by atoms with Crippen molar-refractivity contribution in [2.45, 2.75) is 35.0 Å². The summed E-state index contributed by atoms with van der Waals surface area (Å²) in [5.74, 6) is 2.64. The number of hydrogen-bond donors (Lipinski definition) is 0. The van der Waals surface area contributed by atoms with E-state index in [0.717, 1.165) is 46.0 Å². The van der Waals surface area contributed by atoms with Gasteiger partial charge in [-0.15, -0.1) is 21.5 Å². The standard InChI is InChI=1S/C24H25N5OS3/c1-17-8-7-13-28(14-17)22(30)16-31-23-27-26-21(29(23)18-9-3-2-4-10-18)15-32-24-25-19-11-5-6-12-20(19)33-24/h2-6,9-12,17H,7-8,13-16H2,1H3. The highest BCUT2D eigenvalue weighted by atomic mass is 32.2. The highest BCUT2D eigenvalue weighted by Gasteiger charge is 2.22. The molecule has 0 spiro atoms. The van der Waals surface area contributed by atoms with Crippen molar-refractivity contribution in [3.63, 3.8) is 0 Å². The maximum atomic E-state index is 12.8. The molecule has 0 saturated carbocycles. The fourth-order valence-corrected chi connectivity index (χ4v) is 6.85. The van der Waals surface area contributed by atoms with Crippen LogP contribution in [0.4, 0.5) is 0 Å². The number of para-hydroxylation sites is 2. The number of amides is 1. The van der Waals surface area contributed by atoms with Crippen LogP contribution in [0, 0.1) is 5.92 Å². The number of aromatic nitrogens is 4. The average molecular weight is 496 g/mol. The monoisotopic (exact) mass is 495 g/mol. The maximum absolute atomic E-state index is 12.8. The van der Waals surface area contributed by atoms with Gasteiger partial charge >= 0.3 is 0 Å². The van der Waals surface area contributed by atoms with Gasteiger partial charge in [0.25, 0.3) is 0 Å². The molecule has 1 unspecified atom stereocenters. The molecule has 33 heavy (non-hydrogen) atoms. The number of piperidine rings is 1. The van der Waals surface area contributed by atoms with Gasteiger partial charge in [-0.25, -0.2) is 4.98 Å². The fraction of sp³-hybridized carbons (Fsp3) is 0.333. The lowest BCUT2D eigenvalue weighted by Crippen LogP contribution is -2.40. The van der Waals surface area contributed by atoms with Crippen LogP contribution in [0.2, 0.25) is 0 Å². The highest BCUT2D eigenvalue weighted by Crippen LogP contribution is 2.32. The van der Waals surface area contributed by atoms with Gasteiger partial charge in [0.2, 0.25) is 5.91 Å². The van der Waals surface area contributed by atoms with Crippen LogP contribution in [-0.2, 0) is 10.5 Å². The van der Waals surface area contributed by atoms with Crippen molar-refractivity contribution >= 4 is 51.0 Å². The molecular formula is C24H25N5OS3. The number of carbonyl (C=O) groups is 1. The summed E-state index contributed by atoms with van der Waals surface area (Å²) >= 11 is 4.83. The van der Waals surface area contributed by atoms with Gasteiger partial charge in [-0.2, -0.15) is 0 Å². The number of thioether (sulfide) groups is 2. The third kappa shape index (κ3) is 5.26. The van der Waals surface area contributed by atoms with E-state index in [1.807, 2.05) is 53.4 Å². The van der Waals surface area contributed by atoms with Crippen LogP contribution in [0.1, 0.15) is 25.6 Å². The first-order chi connectivity index (χ1) is 16.2. The Labute approximate surface area is 205 Å². The summed E-state index contributed by atoms with van der Waals surface area (Å²) in [5, 5.41) is 9.69. The Bertz CT molecular complexity index is 1210. The van der Waals surface area contributed by atoms with Crippen LogP contribution >= 0.6 is 34.9 Å². The Morgan fingerprint density at radius 1 is 1.09 bits per heavy atom. The number of nitrogens with zero attached hydrogens (tertiary/aromatic N) is 5. The minimum Gasteiger partial charge on any atom is -0.342 e. The van der Waals surface area contributed by atoms with Gasteiger partial charge in [0, 0.05) is 18.8 Å². The fourth-order valence-electron chi connectivity index (χ4n) is 4.00. The normalized spacial score (nSPS) is 16.4. The van der Waals surface area contributed by atoms with E-state index >= 15 is 0 Å². The third-order valence-corrected chi connectivity index (χ3v) is 8.74. The second-order valence-electron chi connectivity index (χ2n) is 8.18. The first-order valence-corrected chi connectivity index (χ1v) is 13.8. The summed E-state index contributed by atoms with van der Waals surface area (Å²) in [6, 6.07) is 18.3. The molecule has 2 aromatic heterocycles. The Balaban J connectivity index is 1.33. The number of hydrogen-bond acceptors (Lipinski definition) is 7. The molecule has 0 bridgehead atoms. The molecule has 0 radical (unpaired) electrons. The van der Waals surface area contributed by atoms with E-state index in [2.05, 4.69) is 27.8 Å². The van der Waals surface area contributed by atoms with Gasteiger partial charge in [0.05, 0.1) is 21.7 Å². The number of likely N-dealkylation sites (tertiary alicyclic amines) is 1. The number of fused-ring (bicyclic) bond motifs is 1. The molecule has 1 saturated heterocycles. The van der Waals surface area contributed by atoms with Crippen molar-refractivity contribution in [2.24, 2.45) is 5.92 Å². The predicted molar refractivity (Wildman–Crippen MR) is 136 cm³/mol. The second-order valence-corrected chi connectivity index (χ2v) is 11.4. The quantitative estimate of drug-likeness (QED) is 0.315. The average Bonchev–Trinajstić information content (AvgIpc) is 3.45. The topological polar surface area (TPSA) is 63.9 Å². The summed E-state index contributed by atoms with van der Waals surface area (Å²) in [4.78, 5) is 19.5. The van der Waals surface area contributed by atoms with Crippen molar-refractivity contribution in [3.05, 3.63) is 60.4 Å². The van der Waals surface area contributed by atoms with Crippen molar-refractivity contribution in [1.82, 2.24) is 24.6 Å². The zero-order valence-electron chi connectivity index (χ0n) is 18.4. The maximum Gasteiger partial charge on any atom is 0.233 e. The molecule has 1 atom stereocenters. The van der Waals surface area contributed by atoms with E-state index in [1.165, 1.54) is 22.9 Å². The molecule has 9 heteroatoms. The van der Waals surface area contributed by atoms with Crippen LogP contribution in [-0.4, -0.2) is 49.4 Å². The van der Waals surface area contributed by atoms with Crippen LogP contribution in [0.15, 0.2) is 64.1 Å². The molecule has 4 aromatic rings. The lowest BCUT2D eigenvalue weighted by atomic mass is 10.0. The molecule has 1 fully saturated rings. The van der Waals surface area contributed by atoms with Gasteiger partial charge in [-0.05, 0) is 43.0 Å². The minimum atomic E-state index is 0.180. The first-order valence-electron chi connectivity index (χ1n) is 11.1. The zero-order valence-corrected chi connectivity index (χ0v) is 20.8. The lowest BCUT2D eigenvalue weighted by Gasteiger charge is -2.30. The predicted octanol–water partition coefficient (Wildman–Crippen LogP) is 5.52. The summed E-state index contributed by atoms with van der Waals surface area (Å²) in [7, 11) is 0. The van der Waals surface area contributed by atoms with Crippen LogP contribution in [0.25, 0.3) is 15.9 Å². The van der Waals surface area contributed by atoms with Crippen LogP contribution in [0.3, 0.4) is 0 Å². The Morgan fingerprint density at radius 2 is 1.91 bits per heavy atom. The minimum absolute atomic E-state index is 0.180. The Kier molecular flexibility index (Phi) is 6.99. The van der Waals surface area contributed by atoms with Crippen molar-refractivity contribution in [1.29, 1.82) is 0 Å². The largest absolute Gasteiger partial charge is 0.342 e. The molecule has 1 aliphatic heterocycles. The van der Waals surface area contributed by atoms with E-state index < -0.39 is 0 Å². The lowest BCUT2D eigenvalue weighted by molar-refractivity contribution is -0.130. The van der Waals surface area contributed by atoms with Gasteiger partial charge < -0.3 is 4.90 Å². The van der Waals surface area contributed by atoms with Gasteiger partial charge in [0.15, 0.2) is 9.50 Å². The zero-order chi connectivity index (χ0) is 22.6. The molecule has 170 valence electrons. The van der Waals surface area contributed by atoms with E-state index in [0.29, 0.717) is 17.4 Å². The molecule has 5 rings (SSSR count). The summed E-state index contributed by atoms with van der Waals surface area (Å²) in [6.45, 7) is 3.93. The molecule has 1 amide bonds. The number of carbonyl (C=O) groups excluding carboxylic acids is 1. The van der Waals surface area contributed by atoms with Crippen molar-refractivity contribution < 1.29 is 4.79 Å². The SMILES string of the molecule is CC1CCCN(C(=O)CSc2nnc(CSc3nc4ccccc4s3)n2-c2ccccc2)C1. The first kappa shape index (κ1) is 22.4. The highest BCUT2D eigenvalue weighted by molar-refractivity contribution is 8.00. The van der Waals surface area contributed by atoms with Gasteiger partial charge in [-0.3, -0.25) is 9.36 Å². The molecule has 1 aliphatic rings. The Hall–Kier alpha value is -2.36. The Morgan fingerprint density at radius 3 is 2.73 bits per heavy atom. The van der Waals surface area contributed by atoms with E-state index in [9.17, 15) is 4.79 Å². The van der Waals surface area contributed by atoms with Gasteiger partial charge in [0.1, 0.15) is 5.82 Å². The van der Waals surface area contributed by atoms with E-state index in [-0.39, 0.29) is 5.91 Å². The van der Waals surface area contributed by atoms with Crippen molar-refractivity contribution in [2.75, 3.05) is 18.8 Å².